The summed E-state index contributed by atoms with van der Waals surface area (Å²) in [5, 5.41) is 0. The fourth-order valence-corrected chi connectivity index (χ4v) is 2.41. The van der Waals surface area contributed by atoms with Gasteiger partial charge in [0, 0.05) is 6.54 Å². The maximum absolute atomic E-state index is 3.88. The van der Waals surface area contributed by atoms with Gasteiger partial charge >= 0.3 is 0 Å². The lowest BCUT2D eigenvalue weighted by molar-refractivity contribution is 0.277. The minimum absolute atomic E-state index is 1.09. The van der Waals surface area contributed by atoms with Gasteiger partial charge in [0.05, 0.1) is 0 Å². The van der Waals surface area contributed by atoms with Gasteiger partial charge in [-0.1, -0.05) is 49.8 Å². The molecule has 0 amide bonds. The molecule has 1 saturated heterocycles. The molecule has 1 heteroatoms. The lowest BCUT2D eigenvalue weighted by Crippen LogP contribution is -2.24. The average molecular weight is 215 g/mol. The smallest absolute Gasteiger partial charge is 0.0239 e. The van der Waals surface area contributed by atoms with Crippen LogP contribution in [0.4, 0.5) is 0 Å². The highest BCUT2D eigenvalue weighted by atomic mass is 15.1. The first-order valence-electron chi connectivity index (χ1n) is 6.33. The summed E-state index contributed by atoms with van der Waals surface area (Å²) < 4.78 is 0. The van der Waals surface area contributed by atoms with E-state index in [-0.39, 0.29) is 0 Å². The summed E-state index contributed by atoms with van der Waals surface area (Å²) in [6.45, 7) is 7.48. The zero-order chi connectivity index (χ0) is 11.2. The Labute approximate surface area is 98.8 Å². The van der Waals surface area contributed by atoms with Crippen molar-refractivity contribution < 1.29 is 0 Å². The van der Waals surface area contributed by atoms with Crippen molar-refractivity contribution in [3.05, 3.63) is 42.0 Å². The second-order valence-electron chi connectivity index (χ2n) is 4.59. The summed E-state index contributed by atoms with van der Waals surface area (Å²) in [6.07, 6.45) is 7.48. The van der Waals surface area contributed by atoms with E-state index in [1.165, 1.54) is 49.9 Å². The van der Waals surface area contributed by atoms with Crippen molar-refractivity contribution in [3.63, 3.8) is 0 Å². The lowest BCUT2D eigenvalue weighted by Gasteiger charge is -2.20. The van der Waals surface area contributed by atoms with Crippen LogP contribution in [-0.2, 0) is 6.54 Å². The van der Waals surface area contributed by atoms with Gasteiger partial charge in [-0.15, -0.1) is 0 Å². The molecule has 0 aliphatic carbocycles. The minimum atomic E-state index is 1.09. The van der Waals surface area contributed by atoms with Gasteiger partial charge < -0.3 is 0 Å². The fourth-order valence-electron chi connectivity index (χ4n) is 2.41. The number of hydrogen-bond acceptors (Lipinski definition) is 1. The molecule has 1 heterocycles. The van der Waals surface area contributed by atoms with E-state index in [9.17, 15) is 0 Å². The van der Waals surface area contributed by atoms with E-state index in [0.29, 0.717) is 0 Å². The molecule has 0 unspecified atom stereocenters. The largest absolute Gasteiger partial charge is 0.299 e. The normalized spacial score (nSPS) is 18.0. The second kappa shape index (κ2) is 5.86. The fraction of sp³-hybridized carbons (Fsp3) is 0.467. The summed E-state index contributed by atoms with van der Waals surface area (Å²) >= 11 is 0. The molecule has 0 N–H and O–H groups in total. The van der Waals surface area contributed by atoms with Gasteiger partial charge in [0.1, 0.15) is 0 Å². The van der Waals surface area contributed by atoms with Gasteiger partial charge in [0.15, 0.2) is 0 Å². The van der Waals surface area contributed by atoms with Crippen LogP contribution < -0.4 is 0 Å². The number of hydrogen-bond donors (Lipinski definition) is 0. The van der Waals surface area contributed by atoms with Crippen LogP contribution in [0.25, 0.3) is 6.08 Å². The molecule has 1 nitrogen and oxygen atoms in total. The van der Waals surface area contributed by atoms with Gasteiger partial charge in [0.2, 0.25) is 0 Å². The quantitative estimate of drug-likeness (QED) is 0.743. The van der Waals surface area contributed by atoms with E-state index in [2.05, 4.69) is 35.7 Å². The number of likely N-dealkylation sites (tertiary alicyclic amines) is 1. The van der Waals surface area contributed by atoms with Crippen molar-refractivity contribution in [2.45, 2.75) is 32.2 Å². The van der Waals surface area contributed by atoms with Gasteiger partial charge in [-0.3, -0.25) is 4.90 Å². The molecule has 0 radical (unpaired) electrons. The van der Waals surface area contributed by atoms with Crippen LogP contribution in [0.3, 0.4) is 0 Å². The molecule has 0 aromatic heterocycles. The van der Waals surface area contributed by atoms with Crippen molar-refractivity contribution in [1.29, 1.82) is 0 Å². The Morgan fingerprint density at radius 2 is 1.75 bits per heavy atom. The Morgan fingerprint density at radius 1 is 1.06 bits per heavy atom. The molecule has 1 fully saturated rings. The molecule has 1 aromatic carbocycles. The summed E-state index contributed by atoms with van der Waals surface area (Å²) in [6, 6.07) is 8.59. The van der Waals surface area contributed by atoms with Crippen LogP contribution in [0.2, 0.25) is 0 Å². The number of benzene rings is 1. The van der Waals surface area contributed by atoms with E-state index in [4.69, 9.17) is 0 Å². The third-order valence-electron chi connectivity index (χ3n) is 3.37. The molecular formula is C15H21N. The Kier molecular flexibility index (Phi) is 4.17. The molecule has 2 rings (SSSR count). The first-order valence-corrected chi connectivity index (χ1v) is 6.33. The molecule has 86 valence electrons. The highest BCUT2D eigenvalue weighted by molar-refractivity contribution is 5.51. The minimum Gasteiger partial charge on any atom is -0.299 e. The van der Waals surface area contributed by atoms with Crippen LogP contribution in [0.15, 0.2) is 30.8 Å². The van der Waals surface area contributed by atoms with E-state index >= 15 is 0 Å². The highest BCUT2D eigenvalue weighted by Crippen LogP contribution is 2.16. The molecular weight excluding hydrogens is 194 g/mol. The lowest BCUT2D eigenvalue weighted by atomic mass is 10.1. The predicted molar refractivity (Wildman–Crippen MR) is 70.3 cm³/mol. The zero-order valence-corrected chi connectivity index (χ0v) is 9.99. The van der Waals surface area contributed by atoms with Gasteiger partial charge in [-0.2, -0.15) is 0 Å². The van der Waals surface area contributed by atoms with Gasteiger partial charge in [-0.05, 0) is 37.1 Å². The molecule has 16 heavy (non-hydrogen) atoms. The van der Waals surface area contributed by atoms with Crippen molar-refractivity contribution >= 4 is 6.08 Å². The van der Waals surface area contributed by atoms with Crippen LogP contribution >= 0.6 is 0 Å². The average Bonchev–Trinajstić information content (AvgIpc) is 2.58. The maximum Gasteiger partial charge on any atom is 0.0239 e. The van der Waals surface area contributed by atoms with Gasteiger partial charge in [-0.25, -0.2) is 0 Å². The first kappa shape index (κ1) is 11.4. The number of rotatable bonds is 3. The van der Waals surface area contributed by atoms with E-state index < -0.39 is 0 Å². The predicted octanol–water partition coefficient (Wildman–Crippen LogP) is 3.71. The van der Waals surface area contributed by atoms with Crippen LogP contribution in [-0.4, -0.2) is 18.0 Å². The number of nitrogens with zero attached hydrogens (tertiary/aromatic N) is 1. The molecule has 0 spiro atoms. The first-order chi connectivity index (χ1) is 7.90. The van der Waals surface area contributed by atoms with Gasteiger partial charge in [0.25, 0.3) is 0 Å². The van der Waals surface area contributed by atoms with Crippen LogP contribution in [0, 0.1) is 0 Å². The van der Waals surface area contributed by atoms with Crippen molar-refractivity contribution in [2.75, 3.05) is 13.1 Å². The maximum atomic E-state index is 3.88. The molecule has 0 bridgehead atoms. The SMILES string of the molecule is C=Cc1ccccc1CN1CCCCCC1. The Bertz CT molecular complexity index is 335. The molecule has 1 aliphatic rings. The highest BCUT2D eigenvalue weighted by Gasteiger charge is 2.10. The van der Waals surface area contributed by atoms with E-state index in [0.717, 1.165) is 6.54 Å². The molecule has 1 aromatic rings. The second-order valence-corrected chi connectivity index (χ2v) is 4.59. The van der Waals surface area contributed by atoms with Crippen LogP contribution in [0.1, 0.15) is 36.8 Å². The third kappa shape index (κ3) is 2.96. The summed E-state index contributed by atoms with van der Waals surface area (Å²) in [4.78, 5) is 2.58. The zero-order valence-electron chi connectivity index (χ0n) is 9.99. The molecule has 0 saturated carbocycles. The van der Waals surface area contributed by atoms with Crippen molar-refractivity contribution in [3.8, 4) is 0 Å². The van der Waals surface area contributed by atoms with E-state index in [1.54, 1.807) is 0 Å². The third-order valence-corrected chi connectivity index (χ3v) is 3.37. The summed E-state index contributed by atoms with van der Waals surface area (Å²) in [5.74, 6) is 0. The molecule has 1 aliphatic heterocycles. The van der Waals surface area contributed by atoms with Crippen molar-refractivity contribution in [1.82, 2.24) is 4.90 Å². The van der Waals surface area contributed by atoms with E-state index in [1.807, 2.05) is 6.08 Å². The van der Waals surface area contributed by atoms with Crippen molar-refractivity contribution in [2.24, 2.45) is 0 Å². The topological polar surface area (TPSA) is 3.24 Å². The Hall–Kier alpha value is -1.08. The Morgan fingerprint density at radius 3 is 2.44 bits per heavy atom. The molecule has 0 atom stereocenters. The summed E-state index contributed by atoms with van der Waals surface area (Å²) in [7, 11) is 0. The van der Waals surface area contributed by atoms with Crippen LogP contribution in [0.5, 0.6) is 0 Å². The Balaban J connectivity index is 2.04. The monoisotopic (exact) mass is 215 g/mol. The summed E-state index contributed by atoms with van der Waals surface area (Å²) in [5.41, 5.74) is 2.70. The standard InChI is InChI=1S/C15H21N/c1-2-14-9-5-6-10-15(14)13-16-11-7-3-4-8-12-16/h2,5-6,9-10H,1,3-4,7-8,11-13H2.